The number of hydrogen-bond donors (Lipinski definition) is 5. The van der Waals surface area contributed by atoms with Gasteiger partial charge in [0.1, 0.15) is 12.2 Å². The predicted octanol–water partition coefficient (Wildman–Crippen LogP) is 14.3. The molecule has 0 aliphatic carbocycles. The zero-order chi connectivity index (χ0) is 42.4. The Morgan fingerprint density at radius 1 is 0.414 bits per heavy atom. The Morgan fingerprint density at radius 2 is 0.724 bits per heavy atom. The van der Waals surface area contributed by atoms with Crippen LogP contribution in [0.25, 0.3) is 0 Å². The zero-order valence-corrected chi connectivity index (χ0v) is 38.8. The van der Waals surface area contributed by atoms with E-state index in [0.29, 0.717) is 19.3 Å². The van der Waals surface area contributed by atoms with Gasteiger partial charge in [-0.15, -0.1) is 0 Å². The van der Waals surface area contributed by atoms with E-state index < -0.39 is 36.9 Å². The summed E-state index contributed by atoms with van der Waals surface area (Å²) in [5.41, 5.74) is 0. The molecular weight excluding hydrogens is 719 g/mol. The first-order valence-corrected chi connectivity index (χ1v) is 25.7. The van der Waals surface area contributed by atoms with E-state index in [2.05, 4.69) is 43.5 Å². The van der Waals surface area contributed by atoms with Crippen LogP contribution in [0.3, 0.4) is 0 Å². The summed E-state index contributed by atoms with van der Waals surface area (Å²) in [5, 5.41) is 43.8. The van der Waals surface area contributed by atoms with Gasteiger partial charge in [-0.25, -0.2) is 0 Å². The maximum Gasteiger partial charge on any atom is 0.249 e. The number of nitrogens with one attached hydrogen (secondary N) is 1. The molecule has 0 rings (SSSR count). The SMILES string of the molecule is CCCCCCCCC/C=C/CC/C=C/CCCC(O)C(O)C(CO)NC(=O)C(O)CCCCCCCCCCCCCCCCCCCCCCCCCCCC. The quantitative estimate of drug-likeness (QED) is 0.0310. The first-order chi connectivity index (χ1) is 28.5. The van der Waals surface area contributed by atoms with Crippen LogP contribution in [0, 0.1) is 0 Å². The number of aliphatic hydroxyl groups excluding tert-OH is 4. The molecule has 0 bridgehead atoms. The molecule has 0 aromatic rings. The Hall–Kier alpha value is -1.21. The van der Waals surface area contributed by atoms with Gasteiger partial charge < -0.3 is 25.7 Å². The van der Waals surface area contributed by atoms with Crippen molar-refractivity contribution in [2.24, 2.45) is 0 Å². The number of unbranched alkanes of at least 4 members (excludes halogenated alkanes) is 34. The molecule has 1 amide bonds. The molecule has 0 spiro atoms. The summed E-state index contributed by atoms with van der Waals surface area (Å²) in [6, 6.07) is -1.01. The highest BCUT2D eigenvalue weighted by molar-refractivity contribution is 5.80. The smallest absolute Gasteiger partial charge is 0.249 e. The van der Waals surface area contributed by atoms with Crippen molar-refractivity contribution in [3.8, 4) is 0 Å². The molecule has 6 nitrogen and oxygen atoms in total. The van der Waals surface area contributed by atoms with Gasteiger partial charge in [-0.2, -0.15) is 0 Å². The molecular formula is C52H101NO5. The summed E-state index contributed by atoms with van der Waals surface area (Å²) in [7, 11) is 0. The van der Waals surface area contributed by atoms with E-state index in [1.165, 1.54) is 199 Å². The van der Waals surface area contributed by atoms with Crippen molar-refractivity contribution in [1.82, 2.24) is 5.32 Å². The molecule has 5 N–H and O–H groups in total. The molecule has 4 unspecified atom stereocenters. The molecule has 0 aliphatic rings. The third kappa shape index (κ3) is 40.2. The summed E-state index contributed by atoms with van der Waals surface area (Å²) in [4.78, 5) is 12.6. The minimum Gasteiger partial charge on any atom is -0.394 e. The fraction of sp³-hybridized carbons (Fsp3) is 0.904. The van der Waals surface area contributed by atoms with Gasteiger partial charge in [0.2, 0.25) is 5.91 Å². The lowest BCUT2D eigenvalue weighted by Crippen LogP contribution is -2.53. The molecule has 4 atom stereocenters. The summed E-state index contributed by atoms with van der Waals surface area (Å²) < 4.78 is 0. The molecule has 0 aromatic heterocycles. The number of allylic oxidation sites excluding steroid dienone is 4. The third-order valence-corrected chi connectivity index (χ3v) is 12.1. The van der Waals surface area contributed by atoms with Crippen molar-refractivity contribution in [2.75, 3.05) is 6.61 Å². The number of hydrogen-bond acceptors (Lipinski definition) is 5. The standard InChI is InChI=1S/C52H101NO5/c1-3-5-7-9-11-13-15-17-19-21-22-23-24-25-26-27-28-29-30-32-34-36-38-40-42-44-46-50(56)52(58)53-48(47-54)51(57)49(55)45-43-41-39-37-35-33-31-20-18-16-14-12-10-8-6-4-2/h20,31,37,39,48-51,54-57H,3-19,21-30,32-36,38,40-47H2,1-2H3,(H,53,58)/b31-20+,39-37+. The second-order valence-corrected chi connectivity index (χ2v) is 17.9. The normalized spacial score (nSPS) is 14.1. The van der Waals surface area contributed by atoms with Gasteiger partial charge in [-0.3, -0.25) is 4.79 Å². The fourth-order valence-corrected chi connectivity index (χ4v) is 8.07. The van der Waals surface area contributed by atoms with Crippen LogP contribution in [0.15, 0.2) is 24.3 Å². The highest BCUT2D eigenvalue weighted by Crippen LogP contribution is 2.17. The highest BCUT2D eigenvalue weighted by Gasteiger charge is 2.28. The van der Waals surface area contributed by atoms with Gasteiger partial charge in [0.05, 0.1) is 18.8 Å². The van der Waals surface area contributed by atoms with Gasteiger partial charge in [0, 0.05) is 0 Å². The van der Waals surface area contributed by atoms with Gasteiger partial charge >= 0.3 is 0 Å². The molecule has 0 fully saturated rings. The lowest BCUT2D eigenvalue weighted by molar-refractivity contribution is -0.132. The molecule has 344 valence electrons. The van der Waals surface area contributed by atoms with Crippen molar-refractivity contribution < 1.29 is 25.2 Å². The largest absolute Gasteiger partial charge is 0.394 e. The molecule has 0 heterocycles. The van der Waals surface area contributed by atoms with Crippen LogP contribution >= 0.6 is 0 Å². The fourth-order valence-electron chi connectivity index (χ4n) is 8.07. The second-order valence-electron chi connectivity index (χ2n) is 17.9. The molecule has 0 saturated carbocycles. The molecule has 58 heavy (non-hydrogen) atoms. The van der Waals surface area contributed by atoms with Crippen LogP contribution in [0.5, 0.6) is 0 Å². The van der Waals surface area contributed by atoms with Gasteiger partial charge in [-0.1, -0.05) is 244 Å². The Labute approximate surface area is 361 Å². The Bertz CT molecular complexity index is 878. The third-order valence-electron chi connectivity index (χ3n) is 12.1. The predicted molar refractivity (Wildman–Crippen MR) is 251 cm³/mol. The van der Waals surface area contributed by atoms with Crippen molar-refractivity contribution >= 4 is 5.91 Å². The van der Waals surface area contributed by atoms with E-state index in [1.807, 2.05) is 0 Å². The molecule has 0 aromatic carbocycles. The monoisotopic (exact) mass is 820 g/mol. The van der Waals surface area contributed by atoms with Crippen molar-refractivity contribution in [2.45, 2.75) is 295 Å². The first kappa shape index (κ1) is 56.8. The van der Waals surface area contributed by atoms with E-state index in [-0.39, 0.29) is 0 Å². The number of carbonyl (C=O) groups is 1. The van der Waals surface area contributed by atoms with Crippen LogP contribution in [0.4, 0.5) is 0 Å². The summed E-state index contributed by atoms with van der Waals surface area (Å²) in [6.07, 6.45) is 55.2. The number of amides is 1. The van der Waals surface area contributed by atoms with Crippen molar-refractivity contribution in [3.05, 3.63) is 24.3 Å². The van der Waals surface area contributed by atoms with E-state index >= 15 is 0 Å². The lowest BCUT2D eigenvalue weighted by atomic mass is 10.00. The van der Waals surface area contributed by atoms with E-state index in [1.54, 1.807) is 0 Å². The second kappa shape index (κ2) is 46.8. The van der Waals surface area contributed by atoms with E-state index in [9.17, 15) is 25.2 Å². The lowest BCUT2D eigenvalue weighted by Gasteiger charge is -2.27. The van der Waals surface area contributed by atoms with Crippen LogP contribution in [0.2, 0.25) is 0 Å². The topological polar surface area (TPSA) is 110 Å². The Kier molecular flexibility index (Phi) is 45.9. The van der Waals surface area contributed by atoms with Gasteiger partial charge in [0.15, 0.2) is 0 Å². The van der Waals surface area contributed by atoms with Gasteiger partial charge in [0.25, 0.3) is 0 Å². The van der Waals surface area contributed by atoms with Crippen molar-refractivity contribution in [1.29, 1.82) is 0 Å². The number of rotatable bonds is 47. The highest BCUT2D eigenvalue weighted by atomic mass is 16.3. The van der Waals surface area contributed by atoms with E-state index in [4.69, 9.17) is 0 Å². The maximum atomic E-state index is 12.6. The molecule has 0 saturated heterocycles. The minimum absolute atomic E-state index is 0.364. The van der Waals surface area contributed by atoms with Gasteiger partial charge in [-0.05, 0) is 51.4 Å². The van der Waals surface area contributed by atoms with Crippen LogP contribution in [0.1, 0.15) is 271 Å². The molecule has 0 aliphatic heterocycles. The summed E-state index contributed by atoms with van der Waals surface area (Å²) in [5.74, 6) is -0.593. The zero-order valence-electron chi connectivity index (χ0n) is 38.8. The Morgan fingerprint density at radius 3 is 1.09 bits per heavy atom. The molecule has 0 radical (unpaired) electrons. The van der Waals surface area contributed by atoms with Crippen LogP contribution < -0.4 is 5.32 Å². The molecule has 6 heteroatoms. The van der Waals surface area contributed by atoms with Crippen LogP contribution in [-0.2, 0) is 4.79 Å². The minimum atomic E-state index is -1.29. The summed E-state index contributed by atoms with van der Waals surface area (Å²) >= 11 is 0. The average Bonchev–Trinajstić information content (AvgIpc) is 3.23. The number of aliphatic hydroxyl groups is 4. The first-order valence-electron chi connectivity index (χ1n) is 25.7. The number of carbonyl (C=O) groups excluding carboxylic acids is 1. The van der Waals surface area contributed by atoms with Crippen LogP contribution in [-0.4, -0.2) is 57.3 Å². The van der Waals surface area contributed by atoms with Crippen molar-refractivity contribution in [3.63, 3.8) is 0 Å². The summed E-state index contributed by atoms with van der Waals surface area (Å²) in [6.45, 7) is 4.05. The van der Waals surface area contributed by atoms with E-state index in [0.717, 1.165) is 38.5 Å². The maximum absolute atomic E-state index is 12.6. The Balaban J connectivity index is 3.65. The average molecular weight is 820 g/mol.